The maximum atomic E-state index is 13.1. The van der Waals surface area contributed by atoms with Gasteiger partial charge in [-0.1, -0.05) is 11.2 Å². The van der Waals surface area contributed by atoms with Crippen molar-refractivity contribution in [1.29, 1.82) is 0 Å². The van der Waals surface area contributed by atoms with E-state index in [1.807, 2.05) is 17.0 Å². The van der Waals surface area contributed by atoms with Crippen LogP contribution in [0.1, 0.15) is 35.0 Å². The van der Waals surface area contributed by atoms with Crippen LogP contribution in [0.5, 0.6) is 5.75 Å². The Morgan fingerprint density at radius 3 is 2.64 bits per heavy atom. The van der Waals surface area contributed by atoms with E-state index >= 15 is 0 Å². The highest BCUT2D eigenvalue weighted by atomic mass is 19.1. The normalized spacial score (nSPS) is 14.9. The lowest BCUT2D eigenvalue weighted by Crippen LogP contribution is -2.38. The molecule has 0 saturated carbocycles. The van der Waals surface area contributed by atoms with Crippen LogP contribution < -0.4 is 4.74 Å². The van der Waals surface area contributed by atoms with Gasteiger partial charge in [-0.2, -0.15) is 4.98 Å². The quantitative estimate of drug-likeness (QED) is 0.686. The molecule has 0 spiro atoms. The number of aromatic nitrogens is 2. The molecule has 1 saturated heterocycles. The lowest BCUT2D eigenvalue weighted by Gasteiger charge is -2.30. The van der Waals surface area contributed by atoms with Crippen LogP contribution in [-0.2, 0) is 0 Å². The first kappa shape index (κ1) is 18.2. The highest BCUT2D eigenvalue weighted by Crippen LogP contribution is 2.29. The van der Waals surface area contributed by atoms with E-state index in [2.05, 4.69) is 10.1 Å². The molecule has 2 aromatic carbocycles. The average Bonchev–Trinajstić information content (AvgIpc) is 3.24. The Balaban J connectivity index is 1.40. The molecule has 3 aromatic rings. The van der Waals surface area contributed by atoms with Crippen LogP contribution in [0.15, 0.2) is 53.1 Å². The van der Waals surface area contributed by atoms with Gasteiger partial charge in [-0.3, -0.25) is 4.79 Å². The fourth-order valence-corrected chi connectivity index (χ4v) is 3.39. The topological polar surface area (TPSA) is 68.5 Å². The molecule has 0 unspecified atom stereocenters. The molecule has 0 bridgehead atoms. The number of rotatable bonds is 4. The Kier molecular flexibility index (Phi) is 5.06. The van der Waals surface area contributed by atoms with Crippen LogP contribution in [0.4, 0.5) is 4.39 Å². The van der Waals surface area contributed by atoms with E-state index in [-0.39, 0.29) is 17.6 Å². The van der Waals surface area contributed by atoms with Crippen LogP contribution in [-0.4, -0.2) is 41.1 Å². The summed E-state index contributed by atoms with van der Waals surface area (Å²) in [7, 11) is 1.58. The van der Waals surface area contributed by atoms with Crippen LogP contribution >= 0.6 is 0 Å². The summed E-state index contributed by atoms with van der Waals surface area (Å²) >= 11 is 0. The zero-order valence-electron chi connectivity index (χ0n) is 15.5. The van der Waals surface area contributed by atoms with Crippen molar-refractivity contribution in [1.82, 2.24) is 15.0 Å². The van der Waals surface area contributed by atoms with Crippen molar-refractivity contribution in [3.63, 3.8) is 0 Å². The monoisotopic (exact) mass is 381 g/mol. The van der Waals surface area contributed by atoms with E-state index < -0.39 is 0 Å². The predicted molar refractivity (Wildman–Crippen MR) is 101 cm³/mol. The second-order valence-corrected chi connectivity index (χ2v) is 6.76. The van der Waals surface area contributed by atoms with Gasteiger partial charge in [0.2, 0.25) is 11.7 Å². The van der Waals surface area contributed by atoms with Gasteiger partial charge in [0, 0.05) is 30.1 Å². The van der Waals surface area contributed by atoms with E-state index in [0.717, 1.165) is 12.8 Å². The van der Waals surface area contributed by atoms with E-state index in [1.54, 1.807) is 31.4 Å². The molecule has 1 aliphatic heterocycles. The molecule has 0 aliphatic carbocycles. The third kappa shape index (κ3) is 3.74. The number of likely N-dealkylation sites (tertiary alicyclic amines) is 1. The summed E-state index contributed by atoms with van der Waals surface area (Å²) in [4.78, 5) is 19.0. The van der Waals surface area contributed by atoms with Crippen molar-refractivity contribution in [3.8, 4) is 17.1 Å². The molecule has 1 amide bonds. The van der Waals surface area contributed by atoms with Gasteiger partial charge in [0.1, 0.15) is 11.6 Å². The van der Waals surface area contributed by atoms with Crippen molar-refractivity contribution in [2.75, 3.05) is 20.2 Å². The Morgan fingerprint density at radius 1 is 1.18 bits per heavy atom. The second kappa shape index (κ2) is 7.80. The Labute approximate surface area is 161 Å². The number of carbonyl (C=O) groups excluding carboxylic acids is 1. The van der Waals surface area contributed by atoms with Crippen LogP contribution in [0.3, 0.4) is 0 Å². The van der Waals surface area contributed by atoms with Crippen LogP contribution in [0, 0.1) is 5.82 Å². The summed E-state index contributed by atoms with van der Waals surface area (Å²) < 4.78 is 23.7. The third-order valence-corrected chi connectivity index (χ3v) is 4.99. The van der Waals surface area contributed by atoms with Crippen molar-refractivity contribution in [3.05, 3.63) is 65.8 Å². The molecule has 0 radical (unpaired) electrons. The Hall–Kier alpha value is -3.22. The maximum Gasteiger partial charge on any atom is 0.253 e. The van der Waals surface area contributed by atoms with Crippen LogP contribution in [0.25, 0.3) is 11.4 Å². The number of carbonyl (C=O) groups is 1. The molecule has 2 heterocycles. The fourth-order valence-electron chi connectivity index (χ4n) is 3.39. The third-order valence-electron chi connectivity index (χ3n) is 4.99. The first-order valence-electron chi connectivity index (χ1n) is 9.17. The minimum atomic E-state index is -0.305. The number of halogens is 1. The lowest BCUT2D eigenvalue weighted by atomic mass is 9.96. The number of hydrogen-bond acceptors (Lipinski definition) is 5. The molecule has 1 fully saturated rings. The molecule has 28 heavy (non-hydrogen) atoms. The molecule has 1 aliphatic rings. The standard InChI is InChI=1S/C21H20FN3O3/c1-27-18-4-2-3-16(13-18)21(26)25-11-9-15(10-12-25)20-23-19(24-28-20)14-5-7-17(22)8-6-14/h2-8,13,15H,9-12H2,1H3. The zero-order chi connectivity index (χ0) is 19.5. The maximum absolute atomic E-state index is 13.1. The molecule has 144 valence electrons. The van der Waals surface area contributed by atoms with Gasteiger partial charge < -0.3 is 14.2 Å². The average molecular weight is 381 g/mol. The summed E-state index contributed by atoms with van der Waals surface area (Å²) in [6, 6.07) is 13.2. The van der Waals surface area contributed by atoms with Crippen molar-refractivity contribution >= 4 is 5.91 Å². The van der Waals surface area contributed by atoms with Gasteiger partial charge in [0.25, 0.3) is 5.91 Å². The smallest absolute Gasteiger partial charge is 0.253 e. The molecule has 0 N–H and O–H groups in total. The van der Waals surface area contributed by atoms with Crippen molar-refractivity contribution < 1.29 is 18.4 Å². The van der Waals surface area contributed by atoms with Gasteiger partial charge >= 0.3 is 0 Å². The van der Waals surface area contributed by atoms with E-state index in [9.17, 15) is 9.18 Å². The molecule has 1 aromatic heterocycles. The minimum Gasteiger partial charge on any atom is -0.497 e. The summed E-state index contributed by atoms with van der Waals surface area (Å²) in [5.74, 6) is 1.48. The van der Waals surface area contributed by atoms with E-state index in [1.165, 1.54) is 12.1 Å². The number of benzene rings is 2. The number of methoxy groups -OCH3 is 1. The molecular weight excluding hydrogens is 361 g/mol. The number of ether oxygens (including phenoxy) is 1. The molecule has 6 nitrogen and oxygen atoms in total. The van der Waals surface area contributed by atoms with Crippen molar-refractivity contribution in [2.24, 2.45) is 0 Å². The predicted octanol–water partition coefficient (Wildman–Crippen LogP) is 3.90. The number of piperidine rings is 1. The number of amides is 1. The number of nitrogens with zero attached hydrogens (tertiary/aromatic N) is 3. The van der Waals surface area contributed by atoms with Crippen LogP contribution in [0.2, 0.25) is 0 Å². The van der Waals surface area contributed by atoms with Gasteiger partial charge in [0.15, 0.2) is 0 Å². The molecular formula is C21H20FN3O3. The van der Waals surface area contributed by atoms with E-state index in [4.69, 9.17) is 9.26 Å². The number of hydrogen-bond donors (Lipinski definition) is 0. The summed E-state index contributed by atoms with van der Waals surface area (Å²) in [6.07, 6.45) is 1.50. The molecule has 7 heteroatoms. The van der Waals surface area contributed by atoms with Gasteiger partial charge in [-0.05, 0) is 55.3 Å². The van der Waals surface area contributed by atoms with Crippen molar-refractivity contribution in [2.45, 2.75) is 18.8 Å². The Morgan fingerprint density at radius 2 is 1.93 bits per heavy atom. The molecule has 4 rings (SSSR count). The van der Waals surface area contributed by atoms with Gasteiger partial charge in [-0.15, -0.1) is 0 Å². The highest BCUT2D eigenvalue weighted by Gasteiger charge is 2.28. The van der Waals surface area contributed by atoms with Gasteiger partial charge in [-0.25, -0.2) is 4.39 Å². The largest absolute Gasteiger partial charge is 0.497 e. The highest BCUT2D eigenvalue weighted by molar-refractivity contribution is 5.94. The first-order chi connectivity index (χ1) is 13.6. The van der Waals surface area contributed by atoms with Gasteiger partial charge in [0.05, 0.1) is 7.11 Å². The SMILES string of the molecule is COc1cccc(C(=O)N2CCC(c3nc(-c4ccc(F)cc4)no3)CC2)c1. The minimum absolute atomic E-state index is 0.00474. The molecule has 0 atom stereocenters. The lowest BCUT2D eigenvalue weighted by molar-refractivity contribution is 0.0704. The summed E-state index contributed by atoms with van der Waals surface area (Å²) in [5, 5.41) is 4.01. The Bertz CT molecular complexity index is 963. The summed E-state index contributed by atoms with van der Waals surface area (Å²) in [6.45, 7) is 1.24. The zero-order valence-corrected chi connectivity index (χ0v) is 15.5. The summed E-state index contributed by atoms with van der Waals surface area (Å²) in [5.41, 5.74) is 1.33. The first-order valence-corrected chi connectivity index (χ1v) is 9.17. The fraction of sp³-hybridized carbons (Fsp3) is 0.286. The second-order valence-electron chi connectivity index (χ2n) is 6.76. The van der Waals surface area contributed by atoms with E-state index in [0.29, 0.717) is 41.7 Å².